The molecule has 1 aliphatic rings. The highest BCUT2D eigenvalue weighted by molar-refractivity contribution is 6.16. The van der Waals surface area contributed by atoms with Gasteiger partial charge in [0.15, 0.2) is 29.0 Å². The summed E-state index contributed by atoms with van der Waals surface area (Å²) in [6.07, 6.45) is 5.99. The van der Waals surface area contributed by atoms with Gasteiger partial charge >= 0.3 is 0 Å². The molecule has 0 saturated carbocycles. The molecule has 2 heterocycles. The molecule has 1 aliphatic heterocycles. The number of aliphatic hydroxyl groups is 1. The quantitative estimate of drug-likeness (QED) is 0.182. The summed E-state index contributed by atoms with van der Waals surface area (Å²) in [4.78, 5) is 19.4. The van der Waals surface area contributed by atoms with Gasteiger partial charge in [0.25, 0.3) is 0 Å². The van der Waals surface area contributed by atoms with Crippen molar-refractivity contribution in [3.8, 4) is 23.8 Å². The van der Waals surface area contributed by atoms with Gasteiger partial charge < -0.3 is 30.5 Å². The second-order valence-electron chi connectivity index (χ2n) is 9.12. The molecule has 5 N–H and O–H groups in total. The van der Waals surface area contributed by atoms with E-state index in [-0.39, 0.29) is 37.0 Å². The highest BCUT2D eigenvalue weighted by atomic mass is 19.2. The van der Waals surface area contributed by atoms with Crippen LogP contribution in [0.2, 0.25) is 0 Å². The monoisotopic (exact) mass is 567 g/mol. The van der Waals surface area contributed by atoms with Crippen molar-refractivity contribution in [2.75, 3.05) is 56.8 Å². The number of fused-ring (bicyclic) bond motifs is 1. The van der Waals surface area contributed by atoms with Crippen LogP contribution in [0.25, 0.3) is 0 Å². The van der Waals surface area contributed by atoms with Gasteiger partial charge in [-0.2, -0.15) is 5.10 Å². The van der Waals surface area contributed by atoms with E-state index in [2.05, 4.69) is 26.4 Å². The minimum absolute atomic E-state index is 0.0119. The molecule has 0 atom stereocenters. The maximum atomic E-state index is 14.9. The van der Waals surface area contributed by atoms with Crippen LogP contribution in [-0.4, -0.2) is 78.6 Å². The number of carbonyl (C=O) groups excluding carboxylic acids is 1. The Morgan fingerprint density at radius 2 is 2.12 bits per heavy atom. The summed E-state index contributed by atoms with van der Waals surface area (Å²) < 4.78 is 40.7. The van der Waals surface area contributed by atoms with Gasteiger partial charge in [0, 0.05) is 36.5 Å². The number of carbonyl (C=O) groups is 1. The fraction of sp³-hybridized carbons (Fsp3) is 0.321. The molecule has 3 aromatic rings. The summed E-state index contributed by atoms with van der Waals surface area (Å²) in [6.45, 7) is 1.97. The Morgan fingerprint density at radius 3 is 2.85 bits per heavy atom. The average Bonchev–Trinajstić information content (AvgIpc) is 3.38. The summed E-state index contributed by atoms with van der Waals surface area (Å²) >= 11 is 0. The molecule has 1 amide bonds. The number of halogens is 2. The van der Waals surface area contributed by atoms with E-state index < -0.39 is 17.5 Å². The molecule has 0 fully saturated rings. The fourth-order valence-corrected chi connectivity index (χ4v) is 4.37. The molecular formula is C28H31F2N7O4. The van der Waals surface area contributed by atoms with Crippen molar-refractivity contribution in [2.45, 2.75) is 12.8 Å². The molecule has 2 aromatic carbocycles. The second kappa shape index (κ2) is 13.6. The number of aromatic nitrogens is 2. The van der Waals surface area contributed by atoms with E-state index in [0.29, 0.717) is 61.1 Å². The smallest absolute Gasteiger partial charge is 0.223 e. The number of nitrogens with one attached hydrogen (secondary N) is 2. The number of methoxy groups -OCH3 is 1. The lowest BCUT2D eigenvalue weighted by Gasteiger charge is -2.33. The third kappa shape index (κ3) is 7.10. The Bertz CT molecular complexity index is 1450. The lowest BCUT2D eigenvalue weighted by atomic mass is 10.1. The van der Waals surface area contributed by atoms with E-state index in [9.17, 15) is 18.7 Å². The molecule has 41 heavy (non-hydrogen) atoms. The van der Waals surface area contributed by atoms with Crippen molar-refractivity contribution in [3.63, 3.8) is 0 Å². The van der Waals surface area contributed by atoms with Crippen LogP contribution in [0.1, 0.15) is 17.7 Å². The van der Waals surface area contributed by atoms with Crippen molar-refractivity contribution in [1.29, 1.82) is 0 Å². The first-order chi connectivity index (χ1) is 19.8. The van der Waals surface area contributed by atoms with Crippen LogP contribution in [-0.2, 0) is 11.2 Å². The van der Waals surface area contributed by atoms with Gasteiger partial charge in [-0.1, -0.05) is 12.0 Å². The van der Waals surface area contributed by atoms with Crippen LogP contribution in [0.15, 0.2) is 41.4 Å². The Labute approximate surface area is 235 Å². The minimum atomic E-state index is -1.03. The highest BCUT2D eigenvalue weighted by Crippen LogP contribution is 2.38. The molecule has 0 radical (unpaired) electrons. The number of anilines is 2. The number of amides is 1. The Morgan fingerprint density at radius 1 is 1.29 bits per heavy atom. The largest absolute Gasteiger partial charge is 0.493 e. The number of H-pyrrole nitrogens is 1. The predicted molar refractivity (Wildman–Crippen MR) is 150 cm³/mol. The molecular weight excluding hydrogens is 536 g/mol. The zero-order valence-electron chi connectivity index (χ0n) is 22.5. The van der Waals surface area contributed by atoms with E-state index in [1.165, 1.54) is 24.1 Å². The van der Waals surface area contributed by atoms with Crippen LogP contribution in [0.5, 0.6) is 11.5 Å². The van der Waals surface area contributed by atoms with E-state index in [1.54, 1.807) is 18.2 Å². The van der Waals surface area contributed by atoms with Crippen LogP contribution >= 0.6 is 0 Å². The molecule has 0 bridgehead atoms. The lowest BCUT2D eigenvalue weighted by molar-refractivity contribution is -0.117. The predicted octanol–water partition coefficient (Wildman–Crippen LogP) is 2.39. The molecule has 0 spiro atoms. The summed E-state index contributed by atoms with van der Waals surface area (Å²) in [5, 5.41) is 19.3. The molecule has 11 nitrogen and oxygen atoms in total. The minimum Gasteiger partial charge on any atom is -0.493 e. The summed E-state index contributed by atoms with van der Waals surface area (Å²) in [5.74, 6) is 1.34. The molecule has 216 valence electrons. The first-order valence-corrected chi connectivity index (χ1v) is 12.8. The van der Waals surface area contributed by atoms with Crippen LogP contribution < -0.4 is 25.4 Å². The maximum absolute atomic E-state index is 14.9. The Hall–Kier alpha value is -4.67. The zero-order chi connectivity index (χ0) is 29.4. The third-order valence-electron chi connectivity index (χ3n) is 6.26. The second-order valence-corrected chi connectivity index (χ2v) is 9.12. The van der Waals surface area contributed by atoms with Gasteiger partial charge in [0.2, 0.25) is 5.91 Å². The maximum Gasteiger partial charge on any atom is 0.223 e. The summed E-state index contributed by atoms with van der Waals surface area (Å²) in [6, 6.07) is 8.87. The van der Waals surface area contributed by atoms with E-state index in [1.807, 2.05) is 4.90 Å². The normalized spacial score (nSPS) is 13.6. The number of hydrogen-bond acceptors (Lipinski definition) is 8. The SMILES string of the molecule is C#CCN(CCO)CCCOc1cc2c(cc1OC)C(=Nc1cc(CC(N)=O)[nH]n1)N(c1cccc(F)c1F)CN2. The highest BCUT2D eigenvalue weighted by Gasteiger charge is 2.29. The number of primary amides is 1. The number of amidine groups is 1. The number of aromatic amines is 1. The number of ether oxygens (including phenoxy) is 2. The number of nitrogens with two attached hydrogens (primary N) is 1. The summed E-state index contributed by atoms with van der Waals surface area (Å²) in [7, 11) is 1.49. The van der Waals surface area contributed by atoms with Gasteiger partial charge in [-0.15, -0.1) is 6.42 Å². The molecule has 1 aromatic heterocycles. The molecule has 0 unspecified atom stereocenters. The van der Waals surface area contributed by atoms with Gasteiger partial charge in [-0.3, -0.25) is 14.8 Å². The molecule has 4 rings (SSSR count). The van der Waals surface area contributed by atoms with Crippen molar-refractivity contribution < 1.29 is 28.2 Å². The number of benzene rings is 2. The number of nitrogens with zero attached hydrogens (tertiary/aromatic N) is 4. The standard InChI is InChI=1S/C28H31F2N7O4/c1-3-8-36(10-11-38)9-5-12-41-24-16-21-19(15-23(24)40-2)28(33-26-14-18(34-35-26)13-25(31)39)37(17-32-21)22-7-4-6-20(29)27(22)30/h1,4,6-7,14-16,32,38H,5,8-13,17H2,2H3,(H2,31,39)(H,34,35). The number of aliphatic hydroxyl groups excluding tert-OH is 1. The summed E-state index contributed by atoms with van der Waals surface area (Å²) in [5.41, 5.74) is 6.84. The van der Waals surface area contributed by atoms with Gasteiger partial charge in [-0.25, -0.2) is 13.8 Å². The third-order valence-corrected chi connectivity index (χ3v) is 6.26. The first kappa shape index (κ1) is 29.3. The average molecular weight is 568 g/mol. The van der Waals surface area contributed by atoms with Crippen LogP contribution in [0.3, 0.4) is 0 Å². The number of hydrogen-bond donors (Lipinski definition) is 4. The van der Waals surface area contributed by atoms with Crippen molar-refractivity contribution in [2.24, 2.45) is 10.7 Å². The van der Waals surface area contributed by atoms with E-state index >= 15 is 0 Å². The first-order valence-electron chi connectivity index (χ1n) is 12.8. The van der Waals surface area contributed by atoms with Crippen molar-refractivity contribution >= 4 is 28.9 Å². The van der Waals surface area contributed by atoms with Crippen LogP contribution in [0.4, 0.5) is 26.0 Å². The van der Waals surface area contributed by atoms with Gasteiger partial charge in [0.05, 0.1) is 51.3 Å². The molecule has 13 heteroatoms. The lowest BCUT2D eigenvalue weighted by Crippen LogP contribution is -2.41. The van der Waals surface area contributed by atoms with Crippen molar-refractivity contribution in [3.05, 3.63) is 59.3 Å². The van der Waals surface area contributed by atoms with E-state index in [0.717, 1.165) is 6.07 Å². The Balaban J connectivity index is 1.66. The number of terminal acetylenes is 1. The van der Waals surface area contributed by atoms with Crippen molar-refractivity contribution in [1.82, 2.24) is 15.1 Å². The molecule has 0 saturated heterocycles. The number of aliphatic imine (C=N–C) groups is 1. The zero-order valence-corrected chi connectivity index (χ0v) is 22.5. The fourth-order valence-electron chi connectivity index (χ4n) is 4.37. The Kier molecular flexibility index (Phi) is 9.73. The van der Waals surface area contributed by atoms with Gasteiger partial charge in [0.1, 0.15) is 5.84 Å². The topological polar surface area (TPSA) is 141 Å². The molecule has 0 aliphatic carbocycles. The van der Waals surface area contributed by atoms with Gasteiger partial charge in [-0.05, 0) is 24.6 Å². The number of rotatable bonds is 13. The van der Waals surface area contributed by atoms with Crippen LogP contribution in [0, 0.1) is 24.0 Å². The van der Waals surface area contributed by atoms with E-state index in [4.69, 9.17) is 21.6 Å².